The monoisotopic (exact) mass is 379 g/mol. The molecule has 2 rings (SSSR count). The maximum atomic E-state index is 12.5. The highest BCUT2D eigenvalue weighted by Crippen LogP contribution is 2.51. The van der Waals surface area contributed by atoms with Crippen LogP contribution in [0.5, 0.6) is 0 Å². The van der Waals surface area contributed by atoms with Crippen molar-refractivity contribution in [2.75, 3.05) is 0 Å². The first-order chi connectivity index (χ1) is 12.2. The Balaban J connectivity index is 2.18. The molecule has 0 radical (unpaired) electrons. The van der Waals surface area contributed by atoms with E-state index in [9.17, 15) is 9.90 Å². The third-order valence-corrected chi connectivity index (χ3v) is 5.54. The number of carbonyl (C=O) groups is 1. The van der Waals surface area contributed by atoms with Crippen molar-refractivity contribution in [1.82, 2.24) is 4.90 Å². The normalized spacial score (nSPS) is 22.9. The number of hydrogen-bond acceptors (Lipinski definition) is 3. The Morgan fingerprint density at radius 2 is 1.81 bits per heavy atom. The molecule has 1 aromatic carbocycles. The summed E-state index contributed by atoms with van der Waals surface area (Å²) in [6.45, 7) is 9.91. The zero-order chi connectivity index (χ0) is 19.5. The lowest BCUT2D eigenvalue weighted by Gasteiger charge is -2.33. The Morgan fingerprint density at radius 1 is 1.23 bits per heavy atom. The fourth-order valence-corrected chi connectivity index (χ4v) is 3.94. The van der Waals surface area contributed by atoms with Gasteiger partial charge in [-0.2, -0.15) is 0 Å². The van der Waals surface area contributed by atoms with Gasteiger partial charge >= 0.3 is 6.09 Å². The van der Waals surface area contributed by atoms with E-state index in [1.54, 1.807) is 23.3 Å². The van der Waals surface area contributed by atoms with E-state index in [2.05, 4.69) is 0 Å². The number of aliphatic hydroxyl groups is 1. The number of ether oxygens (including phenoxy) is 1. The van der Waals surface area contributed by atoms with Crippen LogP contribution in [0, 0.1) is 5.41 Å². The summed E-state index contributed by atoms with van der Waals surface area (Å²) < 4.78 is 5.50. The molecule has 1 N–H and O–H groups in total. The molecule has 0 spiro atoms. The predicted molar refractivity (Wildman–Crippen MR) is 105 cm³/mol. The Labute approximate surface area is 161 Å². The summed E-state index contributed by atoms with van der Waals surface area (Å²) in [6.07, 6.45) is 3.17. The number of aliphatic hydroxyl groups excluding tert-OH is 1. The van der Waals surface area contributed by atoms with Crippen LogP contribution >= 0.6 is 11.6 Å². The number of benzene rings is 1. The SMILES string of the molecule is CC(C)N(C(=O)O/C=C1/CCC[C@]1(C)[C@H](O)c1ccc(Cl)cc1)C(C)C. The lowest BCUT2D eigenvalue weighted by Crippen LogP contribution is -2.41. The summed E-state index contributed by atoms with van der Waals surface area (Å²) in [5, 5.41) is 11.6. The second kappa shape index (κ2) is 8.45. The molecule has 1 amide bonds. The quantitative estimate of drug-likeness (QED) is 0.667. The largest absolute Gasteiger partial charge is 0.418 e. The van der Waals surface area contributed by atoms with E-state index in [4.69, 9.17) is 16.3 Å². The van der Waals surface area contributed by atoms with Gasteiger partial charge in [0.05, 0.1) is 12.4 Å². The minimum absolute atomic E-state index is 0.0653. The highest BCUT2D eigenvalue weighted by atomic mass is 35.5. The van der Waals surface area contributed by atoms with Gasteiger partial charge in [-0.1, -0.05) is 30.7 Å². The zero-order valence-corrected chi connectivity index (χ0v) is 17.1. The second-order valence-corrected chi connectivity index (χ2v) is 8.28. The number of halogens is 1. The molecule has 5 heteroatoms. The number of nitrogens with zero attached hydrogens (tertiary/aromatic N) is 1. The van der Waals surface area contributed by atoms with Crippen molar-refractivity contribution in [1.29, 1.82) is 0 Å². The van der Waals surface area contributed by atoms with Crippen molar-refractivity contribution in [3.63, 3.8) is 0 Å². The van der Waals surface area contributed by atoms with Crippen molar-refractivity contribution < 1.29 is 14.6 Å². The number of rotatable bonds is 5. The standard InChI is InChI=1S/C21H30ClNO3/c1-14(2)23(15(3)4)20(25)26-13-17-7-6-12-21(17,5)19(24)16-8-10-18(22)11-9-16/h8-11,13-15,19,24H,6-7,12H2,1-5H3/b17-13-/t19-,21+/m1/s1. The van der Waals surface area contributed by atoms with E-state index >= 15 is 0 Å². The molecule has 0 saturated heterocycles. The average molecular weight is 380 g/mol. The van der Waals surface area contributed by atoms with Crippen LogP contribution in [0.4, 0.5) is 4.79 Å². The maximum Gasteiger partial charge on any atom is 0.415 e. The van der Waals surface area contributed by atoms with E-state index in [1.807, 2.05) is 46.8 Å². The van der Waals surface area contributed by atoms with Crippen LogP contribution in [-0.2, 0) is 4.74 Å². The smallest absolute Gasteiger partial charge is 0.415 e. The van der Waals surface area contributed by atoms with Gasteiger partial charge in [-0.15, -0.1) is 0 Å². The topological polar surface area (TPSA) is 49.8 Å². The Kier molecular flexibility index (Phi) is 6.75. The molecular formula is C21H30ClNO3. The fraction of sp³-hybridized carbons (Fsp3) is 0.571. The van der Waals surface area contributed by atoms with E-state index in [0.717, 1.165) is 30.4 Å². The first-order valence-electron chi connectivity index (χ1n) is 9.29. The van der Waals surface area contributed by atoms with Gasteiger partial charge in [-0.3, -0.25) is 0 Å². The molecule has 144 valence electrons. The average Bonchev–Trinajstić information content (AvgIpc) is 2.94. The number of hydrogen-bond donors (Lipinski definition) is 1. The maximum absolute atomic E-state index is 12.5. The third kappa shape index (κ3) is 4.41. The van der Waals surface area contributed by atoms with E-state index in [1.165, 1.54) is 0 Å². The third-order valence-electron chi connectivity index (χ3n) is 5.29. The summed E-state index contributed by atoms with van der Waals surface area (Å²) >= 11 is 5.95. The predicted octanol–water partition coefficient (Wildman–Crippen LogP) is 5.70. The fourth-order valence-electron chi connectivity index (χ4n) is 3.81. The van der Waals surface area contributed by atoms with Gasteiger partial charge in [0.25, 0.3) is 0 Å². The Morgan fingerprint density at radius 3 is 2.35 bits per heavy atom. The lowest BCUT2D eigenvalue weighted by atomic mass is 9.76. The highest BCUT2D eigenvalue weighted by Gasteiger charge is 2.41. The molecule has 1 aliphatic rings. The van der Waals surface area contributed by atoms with Crippen LogP contribution < -0.4 is 0 Å². The van der Waals surface area contributed by atoms with Crippen LogP contribution in [0.3, 0.4) is 0 Å². The zero-order valence-electron chi connectivity index (χ0n) is 16.3. The van der Waals surface area contributed by atoms with Crippen LogP contribution in [-0.4, -0.2) is 28.2 Å². The molecule has 1 aromatic rings. The molecule has 1 aliphatic carbocycles. The summed E-state index contributed by atoms with van der Waals surface area (Å²) in [5.41, 5.74) is 1.34. The summed E-state index contributed by atoms with van der Waals surface area (Å²) in [6, 6.07) is 7.39. The molecule has 26 heavy (non-hydrogen) atoms. The van der Waals surface area contributed by atoms with Crippen LogP contribution in [0.25, 0.3) is 0 Å². The van der Waals surface area contributed by atoms with Gasteiger partial charge in [0.1, 0.15) is 0 Å². The van der Waals surface area contributed by atoms with Crippen molar-refractivity contribution in [3.05, 3.63) is 46.7 Å². The molecule has 0 heterocycles. The summed E-state index contributed by atoms with van der Waals surface area (Å²) in [4.78, 5) is 14.2. The number of amides is 1. The number of carbonyl (C=O) groups excluding carboxylic acids is 1. The van der Waals surface area contributed by atoms with Crippen LogP contribution in [0.1, 0.15) is 65.5 Å². The Bertz CT molecular complexity index is 646. The van der Waals surface area contributed by atoms with E-state index in [-0.39, 0.29) is 18.2 Å². The van der Waals surface area contributed by atoms with Gasteiger partial charge in [-0.05, 0) is 70.2 Å². The first kappa shape index (κ1) is 20.8. The van der Waals surface area contributed by atoms with Gasteiger partial charge < -0.3 is 14.7 Å². The molecule has 0 aliphatic heterocycles. The minimum Gasteiger partial charge on any atom is -0.418 e. The van der Waals surface area contributed by atoms with E-state index in [0.29, 0.717) is 5.02 Å². The summed E-state index contributed by atoms with van der Waals surface area (Å²) in [7, 11) is 0. The van der Waals surface area contributed by atoms with Crippen molar-refractivity contribution in [2.24, 2.45) is 5.41 Å². The lowest BCUT2D eigenvalue weighted by molar-refractivity contribution is 0.0623. The molecule has 4 nitrogen and oxygen atoms in total. The highest BCUT2D eigenvalue weighted by molar-refractivity contribution is 6.30. The molecule has 1 fully saturated rings. The Hall–Kier alpha value is -1.52. The van der Waals surface area contributed by atoms with E-state index < -0.39 is 11.5 Å². The molecular weight excluding hydrogens is 350 g/mol. The second-order valence-electron chi connectivity index (χ2n) is 7.85. The first-order valence-corrected chi connectivity index (χ1v) is 9.66. The molecule has 2 atom stereocenters. The molecule has 0 unspecified atom stereocenters. The van der Waals surface area contributed by atoms with Gasteiger partial charge in [-0.25, -0.2) is 4.79 Å². The van der Waals surface area contributed by atoms with Gasteiger partial charge in [0.2, 0.25) is 0 Å². The molecule has 1 saturated carbocycles. The van der Waals surface area contributed by atoms with Crippen molar-refractivity contribution in [2.45, 2.75) is 72.1 Å². The summed E-state index contributed by atoms with van der Waals surface area (Å²) in [5.74, 6) is 0. The van der Waals surface area contributed by atoms with Crippen molar-refractivity contribution >= 4 is 17.7 Å². The van der Waals surface area contributed by atoms with Crippen LogP contribution in [0.15, 0.2) is 36.1 Å². The van der Waals surface area contributed by atoms with Crippen molar-refractivity contribution in [3.8, 4) is 0 Å². The van der Waals surface area contributed by atoms with Gasteiger partial charge in [0, 0.05) is 22.5 Å². The van der Waals surface area contributed by atoms with Gasteiger partial charge in [0.15, 0.2) is 0 Å². The van der Waals surface area contributed by atoms with Crippen LogP contribution in [0.2, 0.25) is 5.02 Å². The molecule has 0 bridgehead atoms. The minimum atomic E-state index is -0.668. The molecule has 0 aromatic heterocycles.